The molecule has 0 saturated heterocycles. The summed E-state index contributed by atoms with van der Waals surface area (Å²) in [5.74, 6) is -1.14. The maximum absolute atomic E-state index is 12.8. The molecule has 0 fully saturated rings. The quantitative estimate of drug-likeness (QED) is 0.0199. The lowest BCUT2D eigenvalue weighted by atomic mass is 10.1. The van der Waals surface area contributed by atoms with Crippen molar-refractivity contribution in [1.82, 2.24) is 0 Å². The van der Waals surface area contributed by atoms with Crippen molar-refractivity contribution in [2.24, 2.45) is 0 Å². The normalized spacial score (nSPS) is 13.5. The largest absolute Gasteiger partial charge is 0.462 e. The van der Waals surface area contributed by atoms with Gasteiger partial charge in [0.05, 0.1) is 0 Å². The molecule has 1 unspecified atom stereocenters. The van der Waals surface area contributed by atoms with E-state index in [9.17, 15) is 14.4 Å². The number of carbonyl (C=O) groups is 3. The highest BCUT2D eigenvalue weighted by Gasteiger charge is 2.19. The van der Waals surface area contributed by atoms with Crippen molar-refractivity contribution in [2.75, 3.05) is 13.2 Å². The van der Waals surface area contributed by atoms with Crippen LogP contribution in [-0.4, -0.2) is 37.2 Å². The molecule has 0 amide bonds. The summed E-state index contributed by atoms with van der Waals surface area (Å²) in [7, 11) is 0. The molecule has 6 heteroatoms. The van der Waals surface area contributed by atoms with Gasteiger partial charge < -0.3 is 14.2 Å². The molecule has 0 bridgehead atoms. The second kappa shape index (κ2) is 55.4. The van der Waals surface area contributed by atoms with Crippen LogP contribution < -0.4 is 0 Å². The van der Waals surface area contributed by atoms with Crippen LogP contribution in [-0.2, 0) is 28.6 Å². The Balaban J connectivity index is 4.69. The fraction of sp³-hybridized carbons (Fsp3) is 0.508. The van der Waals surface area contributed by atoms with Crippen LogP contribution in [0.2, 0.25) is 0 Å². The molecule has 1 atom stereocenters. The molecule has 0 spiro atoms. The first-order valence-corrected chi connectivity index (χ1v) is 26.7. The van der Waals surface area contributed by atoms with Crippen molar-refractivity contribution in [3.8, 4) is 0 Å². The van der Waals surface area contributed by atoms with Crippen LogP contribution in [0.4, 0.5) is 0 Å². The van der Waals surface area contributed by atoms with Gasteiger partial charge in [-0.25, -0.2) is 0 Å². The molecule has 0 N–H and O–H groups in total. The summed E-state index contributed by atoms with van der Waals surface area (Å²) in [5, 5.41) is 0. The Morgan fingerprint density at radius 2 is 0.681 bits per heavy atom. The Hall–Kier alpha value is -5.23. The van der Waals surface area contributed by atoms with Crippen molar-refractivity contribution >= 4 is 17.9 Å². The zero-order valence-electron chi connectivity index (χ0n) is 43.5. The molecule has 0 aromatic rings. The molecule has 0 aliphatic heterocycles. The Morgan fingerprint density at radius 1 is 0.319 bits per heavy atom. The second-order valence-corrected chi connectivity index (χ2v) is 16.8. The van der Waals surface area contributed by atoms with E-state index in [1.807, 2.05) is 60.8 Å². The number of hydrogen-bond acceptors (Lipinski definition) is 6. The van der Waals surface area contributed by atoms with Crippen molar-refractivity contribution in [3.63, 3.8) is 0 Å². The summed E-state index contributed by atoms with van der Waals surface area (Å²) in [6, 6.07) is 0. The molecule has 0 radical (unpaired) electrons. The van der Waals surface area contributed by atoms with Crippen LogP contribution >= 0.6 is 0 Å². The molecule has 0 aliphatic carbocycles. The fourth-order valence-corrected chi connectivity index (χ4v) is 6.39. The van der Waals surface area contributed by atoms with E-state index in [1.165, 1.54) is 38.5 Å². The van der Waals surface area contributed by atoms with Gasteiger partial charge in [-0.3, -0.25) is 14.4 Å². The average molecular weight is 947 g/mol. The highest BCUT2D eigenvalue weighted by atomic mass is 16.6. The number of rotatable bonds is 45. The minimum atomic E-state index is -0.862. The smallest absolute Gasteiger partial charge is 0.306 e. The van der Waals surface area contributed by atoms with E-state index in [-0.39, 0.29) is 44.4 Å². The van der Waals surface area contributed by atoms with Crippen molar-refractivity contribution in [3.05, 3.63) is 170 Å². The summed E-state index contributed by atoms with van der Waals surface area (Å²) < 4.78 is 16.7. The van der Waals surface area contributed by atoms with Gasteiger partial charge in [0, 0.05) is 19.3 Å². The van der Waals surface area contributed by atoms with Gasteiger partial charge >= 0.3 is 17.9 Å². The fourth-order valence-electron chi connectivity index (χ4n) is 6.39. The van der Waals surface area contributed by atoms with Gasteiger partial charge in [0.15, 0.2) is 6.10 Å². The van der Waals surface area contributed by atoms with Crippen LogP contribution in [0.5, 0.6) is 0 Å². The predicted octanol–water partition coefficient (Wildman–Crippen LogP) is 18.0. The molecule has 0 heterocycles. The summed E-state index contributed by atoms with van der Waals surface area (Å²) >= 11 is 0. The maximum atomic E-state index is 12.8. The highest BCUT2D eigenvalue weighted by molar-refractivity contribution is 5.71. The van der Waals surface area contributed by atoms with E-state index in [2.05, 4.69) is 130 Å². The van der Waals surface area contributed by atoms with Crippen molar-refractivity contribution in [1.29, 1.82) is 0 Å². The number of allylic oxidation sites excluding steroid dienone is 28. The number of carbonyl (C=O) groups excluding carboxylic acids is 3. The Bertz CT molecular complexity index is 1650. The van der Waals surface area contributed by atoms with E-state index in [0.29, 0.717) is 19.3 Å². The Morgan fingerprint density at radius 3 is 1.19 bits per heavy atom. The third-order valence-corrected chi connectivity index (χ3v) is 10.3. The molecule has 0 saturated carbocycles. The summed E-state index contributed by atoms with van der Waals surface area (Å²) in [5.41, 5.74) is 0. The first-order chi connectivity index (χ1) is 34.0. The summed E-state index contributed by atoms with van der Waals surface area (Å²) in [4.78, 5) is 38.0. The highest BCUT2D eigenvalue weighted by Crippen LogP contribution is 2.10. The molecule has 69 heavy (non-hydrogen) atoms. The van der Waals surface area contributed by atoms with Crippen LogP contribution in [0.3, 0.4) is 0 Å². The number of unbranched alkanes of at least 4 members (excludes halogenated alkanes) is 10. The Labute approximate surface area is 422 Å². The van der Waals surface area contributed by atoms with Crippen molar-refractivity contribution < 1.29 is 28.6 Å². The monoisotopic (exact) mass is 947 g/mol. The lowest BCUT2D eigenvalue weighted by molar-refractivity contribution is -0.166. The van der Waals surface area contributed by atoms with Gasteiger partial charge in [-0.05, 0) is 109 Å². The Kier molecular flexibility index (Phi) is 51.2. The molecular formula is C63H94O6. The molecule has 0 aromatic heterocycles. The zero-order chi connectivity index (χ0) is 50.0. The van der Waals surface area contributed by atoms with Crippen molar-refractivity contribution in [2.45, 2.75) is 194 Å². The second-order valence-electron chi connectivity index (χ2n) is 16.8. The average Bonchev–Trinajstić information content (AvgIpc) is 3.35. The van der Waals surface area contributed by atoms with Gasteiger partial charge in [-0.15, -0.1) is 0 Å². The van der Waals surface area contributed by atoms with Gasteiger partial charge in [-0.1, -0.05) is 229 Å². The summed E-state index contributed by atoms with van der Waals surface area (Å²) in [6.07, 6.45) is 82.1. The molecule has 0 rings (SSSR count). The van der Waals surface area contributed by atoms with Gasteiger partial charge in [-0.2, -0.15) is 0 Å². The SMILES string of the molecule is CC\C=C/C=C\C=C/C=C\C=C/CCCCCC(=O)OCC(COC(=O)CC/C=C\C/C=C\C/C=C\C/C=C\C/C=C\C/C=C\CC)OC(=O)CCC/C=C\C/C=C\C/C=C\CCCCCCCC. The van der Waals surface area contributed by atoms with Gasteiger partial charge in [0.25, 0.3) is 0 Å². The standard InChI is InChI=1S/C63H94O6/c1-4-7-10-13-16-19-22-25-28-30-31-33-35-38-41-44-47-50-53-56-62(65)68-59-60(58-67-61(64)55-52-49-46-43-40-37-34-27-24-21-18-15-12-9-6-3)69-63(66)57-54-51-48-45-42-39-36-32-29-26-23-20-17-14-11-8-5-2/h7,9-10,12,15-16,18-19,21,24-29,31,33-34,36-41,45,47-48,50,60H,4-6,8,11,13-14,17,20,22-23,30,32,35,42-44,46,49,51-59H2,1-3H3/b10-7-,12-9-,18-15-,19-16-,24-21-,28-25-,29-26-,33-31-,34-27-,39-36-,40-37-,41-38-,48-45-,50-47-. The number of ether oxygens (including phenoxy) is 3. The summed E-state index contributed by atoms with van der Waals surface area (Å²) in [6.45, 7) is 6.20. The zero-order valence-corrected chi connectivity index (χ0v) is 43.5. The number of hydrogen-bond donors (Lipinski definition) is 0. The molecule has 382 valence electrons. The van der Waals surface area contributed by atoms with Crippen LogP contribution in [0.25, 0.3) is 0 Å². The van der Waals surface area contributed by atoms with E-state index in [4.69, 9.17) is 14.2 Å². The van der Waals surface area contributed by atoms with Crippen LogP contribution in [0.15, 0.2) is 170 Å². The lowest BCUT2D eigenvalue weighted by Crippen LogP contribution is -2.30. The van der Waals surface area contributed by atoms with E-state index in [0.717, 1.165) is 89.9 Å². The van der Waals surface area contributed by atoms with Crippen LogP contribution in [0.1, 0.15) is 188 Å². The predicted molar refractivity (Wildman–Crippen MR) is 297 cm³/mol. The molecular weight excluding hydrogens is 853 g/mol. The molecule has 6 nitrogen and oxygen atoms in total. The van der Waals surface area contributed by atoms with Gasteiger partial charge in [0.1, 0.15) is 13.2 Å². The maximum Gasteiger partial charge on any atom is 0.306 e. The first kappa shape index (κ1) is 63.8. The van der Waals surface area contributed by atoms with E-state index >= 15 is 0 Å². The lowest BCUT2D eigenvalue weighted by Gasteiger charge is -2.18. The third kappa shape index (κ3) is 53.6. The first-order valence-electron chi connectivity index (χ1n) is 26.7. The van der Waals surface area contributed by atoms with Crippen LogP contribution in [0, 0.1) is 0 Å². The third-order valence-electron chi connectivity index (χ3n) is 10.3. The topological polar surface area (TPSA) is 78.9 Å². The van der Waals surface area contributed by atoms with E-state index in [1.54, 1.807) is 0 Å². The minimum Gasteiger partial charge on any atom is -0.462 e. The minimum absolute atomic E-state index is 0.153. The molecule has 0 aromatic carbocycles. The molecule has 0 aliphatic rings. The number of esters is 3. The van der Waals surface area contributed by atoms with Gasteiger partial charge in [0.2, 0.25) is 0 Å². The van der Waals surface area contributed by atoms with E-state index < -0.39 is 12.1 Å².